The van der Waals surface area contributed by atoms with Crippen molar-refractivity contribution in [3.8, 4) is 0 Å². The normalized spacial score (nSPS) is 10.2. The highest BCUT2D eigenvalue weighted by atomic mass is 35.5. The second kappa shape index (κ2) is 6.72. The van der Waals surface area contributed by atoms with Gasteiger partial charge in [0.1, 0.15) is 17.3 Å². The predicted molar refractivity (Wildman–Crippen MR) is 80.1 cm³/mol. The van der Waals surface area contributed by atoms with Crippen molar-refractivity contribution in [1.82, 2.24) is 0 Å². The zero-order chi connectivity index (χ0) is 16.3. The summed E-state index contributed by atoms with van der Waals surface area (Å²) in [4.78, 5) is 23.4. The van der Waals surface area contributed by atoms with Crippen molar-refractivity contribution >= 4 is 46.4 Å². The Morgan fingerprint density at radius 3 is 1.91 bits per heavy atom. The molecule has 0 bridgehead atoms. The van der Waals surface area contributed by atoms with E-state index in [-0.39, 0.29) is 15.7 Å². The van der Waals surface area contributed by atoms with Gasteiger partial charge in [-0.05, 0) is 30.3 Å². The van der Waals surface area contributed by atoms with Gasteiger partial charge in [-0.3, -0.25) is 9.59 Å². The lowest BCUT2D eigenvalue weighted by Crippen LogP contribution is -2.29. The first-order valence-corrected chi connectivity index (χ1v) is 6.65. The van der Waals surface area contributed by atoms with Crippen LogP contribution in [0.1, 0.15) is 0 Å². The molecule has 8 heteroatoms. The van der Waals surface area contributed by atoms with Crippen molar-refractivity contribution in [3.05, 3.63) is 58.1 Å². The van der Waals surface area contributed by atoms with Gasteiger partial charge in [0.15, 0.2) is 0 Å². The third kappa shape index (κ3) is 3.93. The summed E-state index contributed by atoms with van der Waals surface area (Å²) in [6, 6.07) is 7.20. The molecule has 2 aromatic rings. The Bertz CT molecular complexity index is 713. The van der Waals surface area contributed by atoms with E-state index in [0.29, 0.717) is 0 Å². The second-order valence-corrected chi connectivity index (χ2v) is 5.04. The summed E-state index contributed by atoms with van der Waals surface area (Å²) in [5.74, 6) is -4.35. The van der Waals surface area contributed by atoms with E-state index in [1.54, 1.807) is 0 Å². The molecular weight excluding hydrogens is 337 g/mol. The number of carbonyl (C=O) groups excluding carboxylic acids is 2. The van der Waals surface area contributed by atoms with Crippen molar-refractivity contribution in [2.45, 2.75) is 0 Å². The molecule has 2 rings (SSSR count). The first-order chi connectivity index (χ1) is 10.4. The van der Waals surface area contributed by atoms with Gasteiger partial charge in [-0.1, -0.05) is 29.3 Å². The third-order valence-electron chi connectivity index (χ3n) is 2.53. The zero-order valence-corrected chi connectivity index (χ0v) is 12.3. The number of benzene rings is 2. The van der Waals surface area contributed by atoms with Gasteiger partial charge < -0.3 is 10.6 Å². The lowest BCUT2D eigenvalue weighted by molar-refractivity contribution is -0.133. The summed E-state index contributed by atoms with van der Waals surface area (Å²) < 4.78 is 26.8. The average Bonchev–Trinajstić information content (AvgIpc) is 2.41. The SMILES string of the molecule is O=C(Nc1cc(Cl)cc(Cl)c1)C(=O)Nc1c(F)cccc1F. The summed E-state index contributed by atoms with van der Waals surface area (Å²) in [5, 5.41) is 4.58. The molecule has 0 radical (unpaired) electrons. The van der Waals surface area contributed by atoms with Gasteiger partial charge in [0.2, 0.25) is 0 Å². The second-order valence-electron chi connectivity index (χ2n) is 4.16. The van der Waals surface area contributed by atoms with Crippen LogP contribution >= 0.6 is 23.2 Å². The topological polar surface area (TPSA) is 58.2 Å². The minimum Gasteiger partial charge on any atom is -0.318 e. The minimum absolute atomic E-state index is 0.173. The van der Waals surface area contributed by atoms with Crippen LogP contribution in [0.2, 0.25) is 10.0 Å². The number of halogens is 4. The van der Waals surface area contributed by atoms with Crippen molar-refractivity contribution in [3.63, 3.8) is 0 Å². The van der Waals surface area contributed by atoms with Crippen LogP contribution < -0.4 is 10.6 Å². The molecule has 0 spiro atoms. The largest absolute Gasteiger partial charge is 0.318 e. The van der Waals surface area contributed by atoms with Crippen LogP contribution in [0.25, 0.3) is 0 Å². The smallest absolute Gasteiger partial charge is 0.314 e. The molecule has 0 heterocycles. The number of nitrogens with one attached hydrogen (secondary N) is 2. The van der Waals surface area contributed by atoms with E-state index < -0.39 is 29.1 Å². The molecular formula is C14H8Cl2F2N2O2. The summed E-state index contributed by atoms with van der Waals surface area (Å²) in [6.07, 6.45) is 0. The Balaban J connectivity index is 2.11. The summed E-state index contributed by atoms with van der Waals surface area (Å²) in [7, 11) is 0. The molecule has 2 aromatic carbocycles. The van der Waals surface area contributed by atoms with Gasteiger partial charge in [0.25, 0.3) is 0 Å². The molecule has 0 aliphatic rings. The van der Waals surface area contributed by atoms with Gasteiger partial charge in [-0.2, -0.15) is 0 Å². The Morgan fingerprint density at radius 1 is 0.864 bits per heavy atom. The Hall–Kier alpha value is -2.18. The van der Waals surface area contributed by atoms with Crippen LogP contribution in [0.5, 0.6) is 0 Å². The number of hydrogen-bond donors (Lipinski definition) is 2. The Labute approximate surface area is 134 Å². The molecule has 2 N–H and O–H groups in total. The molecule has 0 fully saturated rings. The van der Waals surface area contributed by atoms with Crippen LogP contribution in [0.15, 0.2) is 36.4 Å². The fourth-order valence-corrected chi connectivity index (χ4v) is 2.13. The highest BCUT2D eigenvalue weighted by Gasteiger charge is 2.18. The fraction of sp³-hybridized carbons (Fsp3) is 0. The highest BCUT2D eigenvalue weighted by molar-refractivity contribution is 6.44. The van der Waals surface area contributed by atoms with Crippen LogP contribution in [0.3, 0.4) is 0 Å². The first-order valence-electron chi connectivity index (χ1n) is 5.89. The number of hydrogen-bond acceptors (Lipinski definition) is 2. The molecule has 0 saturated heterocycles. The van der Waals surface area contributed by atoms with Crippen LogP contribution in [0, 0.1) is 11.6 Å². The standard InChI is InChI=1S/C14H8Cl2F2N2O2/c15-7-4-8(16)6-9(5-7)19-13(21)14(22)20-12-10(17)2-1-3-11(12)18/h1-6H,(H,19,21)(H,20,22). The van der Waals surface area contributed by atoms with Crippen LogP contribution in [-0.2, 0) is 9.59 Å². The van der Waals surface area contributed by atoms with Crippen LogP contribution in [0.4, 0.5) is 20.2 Å². The average molecular weight is 345 g/mol. The van der Waals surface area contributed by atoms with E-state index >= 15 is 0 Å². The zero-order valence-electron chi connectivity index (χ0n) is 10.8. The third-order valence-corrected chi connectivity index (χ3v) is 2.96. The lowest BCUT2D eigenvalue weighted by atomic mass is 10.3. The molecule has 0 atom stereocenters. The van der Waals surface area contributed by atoms with Crippen molar-refractivity contribution in [1.29, 1.82) is 0 Å². The summed E-state index contributed by atoms with van der Waals surface area (Å²) >= 11 is 11.5. The van der Waals surface area contributed by atoms with E-state index in [4.69, 9.17) is 23.2 Å². The van der Waals surface area contributed by atoms with Crippen molar-refractivity contribution in [2.24, 2.45) is 0 Å². The molecule has 114 valence electrons. The maximum Gasteiger partial charge on any atom is 0.314 e. The molecule has 22 heavy (non-hydrogen) atoms. The Morgan fingerprint density at radius 2 is 1.36 bits per heavy atom. The summed E-state index contributed by atoms with van der Waals surface area (Å²) in [5.41, 5.74) is -0.529. The number of carbonyl (C=O) groups is 2. The molecule has 0 aromatic heterocycles. The quantitative estimate of drug-likeness (QED) is 0.813. The molecule has 0 saturated carbocycles. The molecule has 0 aliphatic heterocycles. The molecule has 0 aliphatic carbocycles. The van der Waals surface area contributed by atoms with Crippen molar-refractivity contribution < 1.29 is 18.4 Å². The van der Waals surface area contributed by atoms with E-state index in [1.165, 1.54) is 18.2 Å². The van der Waals surface area contributed by atoms with Gasteiger partial charge in [0.05, 0.1) is 0 Å². The molecule has 4 nitrogen and oxygen atoms in total. The minimum atomic E-state index is -1.24. The van der Waals surface area contributed by atoms with E-state index in [1.807, 2.05) is 5.32 Å². The predicted octanol–water partition coefficient (Wildman–Crippen LogP) is 3.85. The fourth-order valence-electron chi connectivity index (χ4n) is 1.60. The lowest BCUT2D eigenvalue weighted by Gasteiger charge is -2.08. The van der Waals surface area contributed by atoms with Gasteiger partial charge in [0, 0.05) is 15.7 Å². The van der Waals surface area contributed by atoms with E-state index in [0.717, 1.165) is 18.2 Å². The maximum atomic E-state index is 13.4. The Kier molecular flexibility index (Phi) is 4.95. The molecule has 0 unspecified atom stereocenters. The maximum absolute atomic E-state index is 13.4. The number of amides is 2. The number of para-hydroxylation sites is 1. The van der Waals surface area contributed by atoms with Gasteiger partial charge in [-0.15, -0.1) is 0 Å². The van der Waals surface area contributed by atoms with Crippen LogP contribution in [-0.4, -0.2) is 11.8 Å². The monoisotopic (exact) mass is 344 g/mol. The number of rotatable bonds is 2. The summed E-state index contributed by atoms with van der Waals surface area (Å²) in [6.45, 7) is 0. The first kappa shape index (κ1) is 16.2. The highest BCUT2D eigenvalue weighted by Crippen LogP contribution is 2.22. The van der Waals surface area contributed by atoms with Crippen molar-refractivity contribution in [2.75, 3.05) is 10.6 Å². The van der Waals surface area contributed by atoms with E-state index in [9.17, 15) is 18.4 Å². The number of anilines is 2. The van der Waals surface area contributed by atoms with Gasteiger partial charge >= 0.3 is 11.8 Å². The van der Waals surface area contributed by atoms with E-state index in [2.05, 4.69) is 5.32 Å². The molecule has 2 amide bonds. The van der Waals surface area contributed by atoms with Gasteiger partial charge in [-0.25, -0.2) is 8.78 Å².